The Morgan fingerprint density at radius 2 is 2.09 bits per heavy atom. The van der Waals surface area contributed by atoms with Crippen LogP contribution in [0.2, 0.25) is 0 Å². The van der Waals surface area contributed by atoms with Crippen LogP contribution in [0.15, 0.2) is 18.2 Å². The fourth-order valence-corrected chi connectivity index (χ4v) is 3.54. The number of halogens is 1. The second-order valence-corrected chi connectivity index (χ2v) is 6.24. The molecule has 0 fully saturated rings. The van der Waals surface area contributed by atoms with Crippen LogP contribution in [0.5, 0.6) is 5.75 Å². The Morgan fingerprint density at radius 1 is 1.22 bits per heavy atom. The van der Waals surface area contributed by atoms with Gasteiger partial charge in [0.15, 0.2) is 11.6 Å². The van der Waals surface area contributed by atoms with Gasteiger partial charge in [0.1, 0.15) is 11.6 Å². The lowest BCUT2D eigenvalue weighted by atomic mass is 9.95. The molecule has 1 atom stereocenters. The van der Waals surface area contributed by atoms with Crippen LogP contribution in [-0.4, -0.2) is 16.6 Å². The molecule has 1 N–H and O–H groups in total. The molecule has 5 heteroatoms. The molecule has 120 valence electrons. The number of fused-ring (bicyclic) bond motifs is 2. The summed E-state index contributed by atoms with van der Waals surface area (Å²) in [4.78, 5) is 9.21. The number of aromatic nitrogens is 2. The molecule has 1 aromatic heterocycles. The maximum atomic E-state index is 13.9. The van der Waals surface area contributed by atoms with E-state index in [0.717, 1.165) is 42.2 Å². The van der Waals surface area contributed by atoms with Gasteiger partial charge in [-0.15, -0.1) is 0 Å². The quantitative estimate of drug-likeness (QED) is 0.917. The summed E-state index contributed by atoms with van der Waals surface area (Å²) in [6.07, 6.45) is 5.19. The second-order valence-electron chi connectivity index (χ2n) is 6.24. The number of hydrogen-bond acceptors (Lipinski definition) is 4. The molecule has 0 unspecified atom stereocenters. The normalized spacial score (nSPS) is 19.5. The molecule has 1 aromatic carbocycles. The third kappa shape index (κ3) is 2.64. The maximum absolute atomic E-state index is 13.9. The summed E-state index contributed by atoms with van der Waals surface area (Å²) in [6, 6.07) is 5.13. The highest BCUT2D eigenvalue weighted by Gasteiger charge is 2.26. The van der Waals surface area contributed by atoms with Crippen LogP contribution in [0, 0.1) is 12.7 Å². The van der Waals surface area contributed by atoms with Crippen LogP contribution in [-0.2, 0) is 12.8 Å². The smallest absolute Gasteiger partial charge is 0.165 e. The van der Waals surface area contributed by atoms with Crippen LogP contribution in [0.1, 0.15) is 47.9 Å². The molecular formula is C18H20FN3O. The topological polar surface area (TPSA) is 47.0 Å². The number of nitrogens with zero attached hydrogens (tertiary/aromatic N) is 2. The van der Waals surface area contributed by atoms with Gasteiger partial charge in [0.25, 0.3) is 0 Å². The average molecular weight is 313 g/mol. The van der Waals surface area contributed by atoms with Crippen LogP contribution in [0.4, 0.5) is 10.2 Å². The molecule has 1 aliphatic carbocycles. The zero-order chi connectivity index (χ0) is 15.8. The predicted molar refractivity (Wildman–Crippen MR) is 86.3 cm³/mol. The summed E-state index contributed by atoms with van der Waals surface area (Å²) in [5, 5.41) is 3.54. The van der Waals surface area contributed by atoms with Crippen molar-refractivity contribution >= 4 is 5.82 Å². The van der Waals surface area contributed by atoms with E-state index in [1.807, 2.05) is 13.0 Å². The Labute approximate surface area is 135 Å². The zero-order valence-electron chi connectivity index (χ0n) is 13.2. The Hall–Kier alpha value is -2.17. The Bertz CT molecular complexity index is 747. The van der Waals surface area contributed by atoms with Gasteiger partial charge in [-0.2, -0.15) is 0 Å². The first kappa shape index (κ1) is 14.4. The van der Waals surface area contributed by atoms with Crippen LogP contribution in [0.25, 0.3) is 0 Å². The van der Waals surface area contributed by atoms with Gasteiger partial charge < -0.3 is 10.1 Å². The van der Waals surface area contributed by atoms with Crippen molar-refractivity contribution in [3.05, 3.63) is 46.7 Å². The van der Waals surface area contributed by atoms with Gasteiger partial charge >= 0.3 is 0 Å². The van der Waals surface area contributed by atoms with Gasteiger partial charge in [0.2, 0.25) is 0 Å². The number of rotatable bonds is 2. The largest absolute Gasteiger partial charge is 0.490 e. The highest BCUT2D eigenvalue weighted by atomic mass is 19.1. The predicted octanol–water partition coefficient (Wildman–Crippen LogP) is 3.74. The second kappa shape index (κ2) is 5.80. The van der Waals surface area contributed by atoms with Gasteiger partial charge in [-0.25, -0.2) is 14.4 Å². The Balaban J connectivity index is 1.70. The molecule has 2 aromatic rings. The van der Waals surface area contributed by atoms with Crippen LogP contribution >= 0.6 is 0 Å². The molecular weight excluding hydrogens is 293 g/mol. The van der Waals surface area contributed by atoms with Gasteiger partial charge in [-0.1, -0.05) is 12.1 Å². The van der Waals surface area contributed by atoms with Gasteiger partial charge in [0, 0.05) is 23.2 Å². The molecule has 1 aliphatic heterocycles. The molecule has 2 heterocycles. The number of anilines is 1. The van der Waals surface area contributed by atoms with E-state index in [9.17, 15) is 4.39 Å². The standard InChI is InChI=1S/C18H20FN3O/c1-11-20-15-8-3-2-5-13(15)18(21-11)22-16-9-10-23-17-12(16)6-4-7-14(17)19/h4,6-7,16H,2-3,5,8-10H2,1H3,(H,20,21,22)/t16-/m0/s1. The summed E-state index contributed by atoms with van der Waals surface area (Å²) in [6.45, 7) is 2.44. The minimum absolute atomic E-state index is 0.0229. The van der Waals surface area contributed by atoms with Crippen LogP contribution in [0.3, 0.4) is 0 Å². The fraction of sp³-hybridized carbons (Fsp3) is 0.444. The van der Waals surface area contributed by atoms with E-state index in [4.69, 9.17) is 4.74 Å². The van der Waals surface area contributed by atoms with E-state index in [0.29, 0.717) is 12.4 Å². The summed E-state index contributed by atoms with van der Waals surface area (Å²) in [5.74, 6) is 1.78. The van der Waals surface area contributed by atoms with E-state index < -0.39 is 0 Å². The first-order valence-corrected chi connectivity index (χ1v) is 8.26. The van der Waals surface area contributed by atoms with Crippen molar-refractivity contribution < 1.29 is 9.13 Å². The van der Waals surface area contributed by atoms with E-state index in [1.54, 1.807) is 6.07 Å². The number of ether oxygens (including phenoxy) is 1. The monoisotopic (exact) mass is 313 g/mol. The van der Waals surface area contributed by atoms with Crippen molar-refractivity contribution in [1.82, 2.24) is 9.97 Å². The molecule has 4 nitrogen and oxygen atoms in total. The molecule has 0 amide bonds. The average Bonchev–Trinajstić information content (AvgIpc) is 2.56. The molecule has 23 heavy (non-hydrogen) atoms. The third-order valence-electron chi connectivity index (χ3n) is 4.63. The van der Waals surface area contributed by atoms with Gasteiger partial charge in [0.05, 0.1) is 12.6 Å². The number of aryl methyl sites for hydroxylation is 2. The van der Waals surface area contributed by atoms with Gasteiger partial charge in [-0.05, 0) is 38.7 Å². The number of nitrogens with one attached hydrogen (secondary N) is 1. The number of para-hydroxylation sites is 1. The highest BCUT2D eigenvalue weighted by Crippen LogP contribution is 2.37. The summed E-state index contributed by atoms with van der Waals surface area (Å²) in [5.41, 5.74) is 3.26. The van der Waals surface area contributed by atoms with Crippen molar-refractivity contribution in [2.75, 3.05) is 11.9 Å². The molecule has 0 spiro atoms. The number of hydrogen-bond donors (Lipinski definition) is 1. The van der Waals surface area contributed by atoms with E-state index in [-0.39, 0.29) is 11.9 Å². The fourth-order valence-electron chi connectivity index (χ4n) is 3.54. The lowest BCUT2D eigenvalue weighted by Gasteiger charge is -2.29. The summed E-state index contributed by atoms with van der Waals surface area (Å²) in [7, 11) is 0. The Kier molecular flexibility index (Phi) is 3.63. The molecule has 4 rings (SSSR count). The van der Waals surface area contributed by atoms with Crippen molar-refractivity contribution in [3.63, 3.8) is 0 Å². The zero-order valence-corrected chi connectivity index (χ0v) is 13.2. The maximum Gasteiger partial charge on any atom is 0.165 e. The first-order chi connectivity index (χ1) is 11.2. The van der Waals surface area contributed by atoms with E-state index in [1.165, 1.54) is 24.5 Å². The lowest BCUT2D eigenvalue weighted by Crippen LogP contribution is -2.23. The van der Waals surface area contributed by atoms with Gasteiger partial charge in [-0.3, -0.25) is 0 Å². The number of benzene rings is 1. The lowest BCUT2D eigenvalue weighted by molar-refractivity contribution is 0.260. The molecule has 0 radical (unpaired) electrons. The van der Waals surface area contributed by atoms with E-state index in [2.05, 4.69) is 15.3 Å². The van der Waals surface area contributed by atoms with Crippen molar-refractivity contribution in [2.45, 2.75) is 45.1 Å². The van der Waals surface area contributed by atoms with Crippen LogP contribution < -0.4 is 10.1 Å². The van der Waals surface area contributed by atoms with Crippen molar-refractivity contribution in [2.24, 2.45) is 0 Å². The summed E-state index contributed by atoms with van der Waals surface area (Å²) >= 11 is 0. The highest BCUT2D eigenvalue weighted by molar-refractivity contribution is 5.51. The molecule has 0 bridgehead atoms. The first-order valence-electron chi connectivity index (χ1n) is 8.26. The molecule has 0 saturated heterocycles. The van der Waals surface area contributed by atoms with E-state index >= 15 is 0 Å². The minimum Gasteiger partial charge on any atom is -0.490 e. The SMILES string of the molecule is Cc1nc2c(c(N[C@H]3CCOc4c(F)cccc43)n1)CCCC2. The third-order valence-corrected chi connectivity index (χ3v) is 4.63. The van der Waals surface area contributed by atoms with Crippen molar-refractivity contribution in [3.8, 4) is 5.75 Å². The summed E-state index contributed by atoms with van der Waals surface area (Å²) < 4.78 is 19.5. The Morgan fingerprint density at radius 3 is 3.00 bits per heavy atom. The molecule has 0 saturated carbocycles. The van der Waals surface area contributed by atoms with Crippen molar-refractivity contribution in [1.29, 1.82) is 0 Å². The minimum atomic E-state index is -0.296. The molecule has 2 aliphatic rings.